The Labute approximate surface area is 229 Å². The summed E-state index contributed by atoms with van der Waals surface area (Å²) >= 11 is 1.78. The van der Waals surface area contributed by atoms with Crippen molar-refractivity contribution in [2.24, 2.45) is 0 Å². The molecule has 1 amide bonds. The molecule has 4 aromatic rings. The lowest BCUT2D eigenvalue weighted by molar-refractivity contribution is 0.0851. The number of carbonyl (C=O) groups is 1. The van der Waals surface area contributed by atoms with Gasteiger partial charge in [0.1, 0.15) is 0 Å². The maximum absolute atomic E-state index is 13.7. The number of aryl methyl sites for hydroxylation is 3. The highest BCUT2D eigenvalue weighted by Gasteiger charge is 2.25. The minimum Gasteiger partial charge on any atom is -0.389 e. The van der Waals surface area contributed by atoms with Gasteiger partial charge in [0.15, 0.2) is 0 Å². The summed E-state index contributed by atoms with van der Waals surface area (Å²) in [5.74, 6) is 0.835. The fourth-order valence-electron chi connectivity index (χ4n) is 5.21. The van der Waals surface area contributed by atoms with Gasteiger partial charge < -0.3 is 24.6 Å². The summed E-state index contributed by atoms with van der Waals surface area (Å²) in [4.78, 5) is 13.7. The fraction of sp³-hybridized carbons (Fsp3) is 0.323. The van der Waals surface area contributed by atoms with Crippen LogP contribution in [0.1, 0.15) is 34.0 Å². The number of nitrogens with zero attached hydrogens (tertiary/aromatic N) is 2. The van der Waals surface area contributed by atoms with E-state index in [0.29, 0.717) is 18.5 Å². The fourth-order valence-corrected chi connectivity index (χ4v) is 6.08. The number of hydrogen-bond donors (Lipinski definition) is 3. The lowest BCUT2D eigenvalue weighted by Gasteiger charge is -2.26. The van der Waals surface area contributed by atoms with Gasteiger partial charge in [-0.3, -0.25) is 4.79 Å². The zero-order chi connectivity index (χ0) is 26.6. The van der Waals surface area contributed by atoms with Gasteiger partial charge in [-0.25, -0.2) is 0 Å². The Kier molecular flexibility index (Phi) is 7.95. The Morgan fingerprint density at radius 1 is 1.11 bits per heavy atom. The highest BCUT2D eigenvalue weighted by molar-refractivity contribution is 8.00. The van der Waals surface area contributed by atoms with Crippen molar-refractivity contribution in [1.82, 2.24) is 9.88 Å². The van der Waals surface area contributed by atoms with Crippen molar-refractivity contribution in [2.45, 2.75) is 45.4 Å². The van der Waals surface area contributed by atoms with Crippen LogP contribution in [0.4, 0.5) is 11.4 Å². The molecular formula is C31H36N4O2S. The number of aromatic nitrogens is 1. The molecule has 0 aliphatic carbocycles. The summed E-state index contributed by atoms with van der Waals surface area (Å²) in [6, 6.07) is 21.5. The van der Waals surface area contributed by atoms with Gasteiger partial charge in [-0.15, -0.1) is 0 Å². The molecule has 1 aromatic heterocycles. The van der Waals surface area contributed by atoms with Crippen molar-refractivity contribution < 1.29 is 9.90 Å². The highest BCUT2D eigenvalue weighted by Crippen LogP contribution is 2.38. The molecule has 2 heterocycles. The van der Waals surface area contributed by atoms with E-state index in [4.69, 9.17) is 0 Å². The van der Waals surface area contributed by atoms with Crippen molar-refractivity contribution in [2.75, 3.05) is 29.0 Å². The topological polar surface area (TPSA) is 69.5 Å². The quantitative estimate of drug-likeness (QED) is 0.253. The number of benzene rings is 3. The predicted molar refractivity (Wildman–Crippen MR) is 159 cm³/mol. The van der Waals surface area contributed by atoms with Gasteiger partial charge >= 0.3 is 0 Å². The van der Waals surface area contributed by atoms with Crippen LogP contribution in [0.25, 0.3) is 10.9 Å². The minimum absolute atomic E-state index is 0.174. The third kappa shape index (κ3) is 5.54. The minimum atomic E-state index is -0.784. The number of carbonyl (C=O) groups excluding carboxylic acids is 1. The van der Waals surface area contributed by atoms with Gasteiger partial charge in [-0.2, -0.15) is 0 Å². The molecule has 0 saturated heterocycles. The van der Waals surface area contributed by atoms with Crippen LogP contribution in [0.5, 0.6) is 0 Å². The van der Waals surface area contributed by atoms with E-state index in [0.717, 1.165) is 46.7 Å². The van der Waals surface area contributed by atoms with Crippen molar-refractivity contribution in [3.63, 3.8) is 0 Å². The third-order valence-corrected chi connectivity index (χ3v) is 8.33. The second-order valence-corrected chi connectivity index (χ2v) is 11.2. The Morgan fingerprint density at radius 3 is 2.63 bits per heavy atom. The maximum Gasteiger partial charge on any atom is 0.251 e. The van der Waals surface area contributed by atoms with Crippen LogP contribution in [0, 0.1) is 6.92 Å². The Balaban J connectivity index is 1.42. The standard InChI is InChI=1S/C31H36N4O2S/c1-4-35-20-23-14-15-38-34(3)27-17-24(18-28(35)30(23)27)31(37)33-26(16-22-11-6-5-7-12-22)29(36)19-32-25-13-9-8-10-21(25)2/h5-13,17-18,20,26,29,32,36H,4,14-16,19H2,1-3H3,(H,33,37)/t26-,29+/m0/s1. The van der Waals surface area contributed by atoms with Crippen LogP contribution >= 0.6 is 11.9 Å². The molecule has 198 valence electrons. The second-order valence-electron chi connectivity index (χ2n) is 9.94. The molecule has 1 aliphatic heterocycles. The molecule has 3 N–H and O–H groups in total. The first-order valence-corrected chi connectivity index (χ1v) is 14.2. The van der Waals surface area contributed by atoms with Gasteiger partial charge in [-0.05, 0) is 73.5 Å². The van der Waals surface area contributed by atoms with Gasteiger partial charge in [0, 0.05) is 48.7 Å². The Morgan fingerprint density at radius 2 is 1.87 bits per heavy atom. The monoisotopic (exact) mass is 528 g/mol. The molecule has 7 heteroatoms. The van der Waals surface area contributed by atoms with E-state index in [2.05, 4.69) is 39.7 Å². The zero-order valence-corrected chi connectivity index (χ0v) is 23.1. The van der Waals surface area contributed by atoms with E-state index in [1.165, 1.54) is 10.9 Å². The number of aliphatic hydroxyl groups excluding tert-OH is 1. The van der Waals surface area contributed by atoms with Gasteiger partial charge in [0.05, 0.1) is 23.3 Å². The molecule has 6 nitrogen and oxygen atoms in total. The van der Waals surface area contributed by atoms with E-state index in [9.17, 15) is 9.90 Å². The number of amides is 1. The van der Waals surface area contributed by atoms with Crippen LogP contribution in [0.3, 0.4) is 0 Å². The average Bonchev–Trinajstić information content (AvgIpc) is 3.21. The summed E-state index contributed by atoms with van der Waals surface area (Å²) in [5, 5.41) is 19.0. The van der Waals surface area contributed by atoms with Crippen molar-refractivity contribution in [3.05, 3.63) is 95.2 Å². The van der Waals surface area contributed by atoms with Crippen LogP contribution in [-0.4, -0.2) is 47.1 Å². The third-order valence-electron chi connectivity index (χ3n) is 7.36. The molecule has 0 spiro atoms. The lowest BCUT2D eigenvalue weighted by Crippen LogP contribution is -2.47. The number of anilines is 2. The molecule has 1 aliphatic rings. The van der Waals surface area contributed by atoms with E-state index in [-0.39, 0.29) is 5.91 Å². The number of rotatable bonds is 9. The largest absolute Gasteiger partial charge is 0.389 e. The van der Waals surface area contributed by atoms with Crippen molar-refractivity contribution in [3.8, 4) is 0 Å². The molecule has 38 heavy (non-hydrogen) atoms. The average molecular weight is 529 g/mol. The van der Waals surface area contributed by atoms with Crippen LogP contribution in [0.2, 0.25) is 0 Å². The molecule has 5 rings (SSSR count). The zero-order valence-electron chi connectivity index (χ0n) is 22.3. The summed E-state index contributed by atoms with van der Waals surface area (Å²) in [5.41, 5.74) is 7.25. The van der Waals surface area contributed by atoms with Crippen LogP contribution in [-0.2, 0) is 19.4 Å². The molecular weight excluding hydrogens is 492 g/mol. The molecule has 0 bridgehead atoms. The summed E-state index contributed by atoms with van der Waals surface area (Å²) in [7, 11) is 2.07. The first kappa shape index (κ1) is 26.2. The predicted octanol–water partition coefficient (Wildman–Crippen LogP) is 5.42. The first-order chi connectivity index (χ1) is 18.4. The van der Waals surface area contributed by atoms with E-state index >= 15 is 0 Å². The number of hydrogen-bond acceptors (Lipinski definition) is 5. The smallest absolute Gasteiger partial charge is 0.251 e. The molecule has 0 fully saturated rings. The van der Waals surface area contributed by atoms with E-state index < -0.39 is 12.1 Å². The van der Waals surface area contributed by atoms with Crippen molar-refractivity contribution >= 4 is 40.1 Å². The van der Waals surface area contributed by atoms with E-state index in [1.54, 1.807) is 11.9 Å². The summed E-state index contributed by atoms with van der Waals surface area (Å²) < 4.78 is 4.41. The Hall–Kier alpha value is -3.42. The molecule has 0 unspecified atom stereocenters. The maximum atomic E-state index is 13.7. The van der Waals surface area contributed by atoms with Gasteiger partial charge in [-0.1, -0.05) is 48.5 Å². The SMILES string of the molecule is CCn1cc2c3c(cc(C(=O)N[C@@H](Cc4ccccc4)[C@H](O)CNc4ccccc4C)cc31)N(C)SCC2. The molecule has 3 aromatic carbocycles. The highest BCUT2D eigenvalue weighted by atomic mass is 32.2. The normalized spacial score (nSPS) is 14.7. The molecule has 0 saturated carbocycles. The van der Waals surface area contributed by atoms with Crippen LogP contribution in [0.15, 0.2) is 72.9 Å². The molecule has 0 radical (unpaired) electrons. The Bertz CT molecular complexity index is 1420. The lowest BCUT2D eigenvalue weighted by atomic mass is 9.99. The molecule has 2 atom stereocenters. The van der Waals surface area contributed by atoms with Gasteiger partial charge in [0.2, 0.25) is 0 Å². The number of aliphatic hydroxyl groups is 1. The van der Waals surface area contributed by atoms with Gasteiger partial charge in [0.25, 0.3) is 5.91 Å². The summed E-state index contributed by atoms with van der Waals surface area (Å²) in [6.07, 6.45) is 2.99. The van der Waals surface area contributed by atoms with Crippen molar-refractivity contribution in [1.29, 1.82) is 0 Å². The van der Waals surface area contributed by atoms with E-state index in [1.807, 2.05) is 73.7 Å². The number of para-hydroxylation sites is 1. The first-order valence-electron chi connectivity index (χ1n) is 13.3. The summed E-state index contributed by atoms with van der Waals surface area (Å²) in [6.45, 7) is 5.34. The number of nitrogens with one attached hydrogen (secondary N) is 2. The van der Waals surface area contributed by atoms with Crippen LogP contribution < -0.4 is 14.9 Å². The second kappa shape index (κ2) is 11.5.